The van der Waals surface area contributed by atoms with Gasteiger partial charge in [-0.2, -0.15) is 0 Å². The molecule has 0 aliphatic heterocycles. The van der Waals surface area contributed by atoms with Crippen molar-refractivity contribution in [3.8, 4) is 0 Å². The first-order valence-electron chi connectivity index (χ1n) is 19.8. The monoisotopic (exact) mass is 639 g/mol. The first-order valence-corrected chi connectivity index (χ1v) is 19.8. The Labute approximate surface area is 280 Å². The van der Waals surface area contributed by atoms with Crippen molar-refractivity contribution >= 4 is 11.9 Å². The molecule has 0 bridgehead atoms. The molecule has 0 spiro atoms. The number of esters is 2. The van der Waals surface area contributed by atoms with Crippen molar-refractivity contribution in [2.45, 2.75) is 220 Å². The van der Waals surface area contributed by atoms with Gasteiger partial charge in [0.15, 0.2) is 6.10 Å². The van der Waals surface area contributed by atoms with Gasteiger partial charge in [0.2, 0.25) is 0 Å². The predicted molar refractivity (Wildman–Crippen MR) is 191 cm³/mol. The Bertz CT molecular complexity index is 632. The lowest BCUT2D eigenvalue weighted by Crippen LogP contribution is -2.28. The highest BCUT2D eigenvalue weighted by molar-refractivity contribution is 5.70. The third-order valence-electron chi connectivity index (χ3n) is 9.01. The summed E-state index contributed by atoms with van der Waals surface area (Å²) in [4.78, 5) is 24.2. The molecule has 1 atom stereocenters. The highest BCUT2D eigenvalue weighted by atomic mass is 16.6. The van der Waals surface area contributed by atoms with Gasteiger partial charge >= 0.3 is 11.9 Å². The minimum absolute atomic E-state index is 0.0587. The average molecular weight is 639 g/mol. The molecule has 268 valence electrons. The van der Waals surface area contributed by atoms with Crippen molar-refractivity contribution in [2.75, 3.05) is 13.2 Å². The highest BCUT2D eigenvalue weighted by Crippen LogP contribution is 2.16. The van der Waals surface area contributed by atoms with Crippen LogP contribution in [0.25, 0.3) is 0 Å². The molecule has 0 aliphatic carbocycles. The molecular weight excluding hydrogens is 560 g/mol. The molecule has 0 heterocycles. The summed E-state index contributed by atoms with van der Waals surface area (Å²) in [6.07, 6.45) is 34.5. The van der Waals surface area contributed by atoms with Crippen molar-refractivity contribution < 1.29 is 24.2 Å². The highest BCUT2D eigenvalue weighted by Gasteiger charge is 2.16. The van der Waals surface area contributed by atoms with Crippen LogP contribution in [0.3, 0.4) is 0 Å². The van der Waals surface area contributed by atoms with Gasteiger partial charge in [-0.1, -0.05) is 188 Å². The Kier molecular flexibility index (Phi) is 33.4. The van der Waals surface area contributed by atoms with E-state index in [0.717, 1.165) is 43.9 Å². The number of ether oxygens (including phenoxy) is 2. The van der Waals surface area contributed by atoms with Crippen LogP contribution in [0.5, 0.6) is 0 Å². The van der Waals surface area contributed by atoms with E-state index in [0.29, 0.717) is 12.8 Å². The van der Waals surface area contributed by atoms with Crippen LogP contribution in [0.15, 0.2) is 0 Å². The van der Waals surface area contributed by atoms with Gasteiger partial charge in [-0.25, -0.2) is 0 Å². The fraction of sp³-hybridized carbons (Fsp3) is 0.950. The lowest BCUT2D eigenvalue weighted by molar-refractivity contribution is -0.161. The van der Waals surface area contributed by atoms with Crippen LogP contribution < -0.4 is 0 Å². The fourth-order valence-electron chi connectivity index (χ4n) is 5.98. The largest absolute Gasteiger partial charge is 0.462 e. The van der Waals surface area contributed by atoms with Crippen molar-refractivity contribution in [1.29, 1.82) is 0 Å². The van der Waals surface area contributed by atoms with Gasteiger partial charge in [0, 0.05) is 12.8 Å². The molecule has 45 heavy (non-hydrogen) atoms. The summed E-state index contributed by atoms with van der Waals surface area (Å²) in [5.41, 5.74) is 0. The Hall–Kier alpha value is -1.10. The number of rotatable bonds is 35. The molecule has 0 amide bonds. The molecule has 0 unspecified atom stereocenters. The molecule has 0 saturated heterocycles. The third kappa shape index (κ3) is 35.6. The summed E-state index contributed by atoms with van der Waals surface area (Å²) < 4.78 is 10.6. The number of hydrogen-bond acceptors (Lipinski definition) is 5. The van der Waals surface area contributed by atoms with Crippen LogP contribution in [0.2, 0.25) is 0 Å². The van der Waals surface area contributed by atoms with Gasteiger partial charge in [0.25, 0.3) is 0 Å². The topological polar surface area (TPSA) is 72.8 Å². The first-order chi connectivity index (χ1) is 21.8. The third-order valence-corrected chi connectivity index (χ3v) is 9.01. The molecule has 0 aliphatic rings. The van der Waals surface area contributed by atoms with Crippen LogP contribution in [0.1, 0.15) is 214 Å². The Morgan fingerprint density at radius 2 is 0.733 bits per heavy atom. The molecule has 0 saturated carbocycles. The van der Waals surface area contributed by atoms with E-state index in [1.54, 1.807) is 0 Å². The fourth-order valence-corrected chi connectivity index (χ4v) is 5.98. The molecule has 1 N–H and O–H groups in total. The maximum atomic E-state index is 12.1. The zero-order chi connectivity index (χ0) is 33.2. The van der Waals surface area contributed by atoms with Crippen LogP contribution in [-0.4, -0.2) is 36.4 Å². The van der Waals surface area contributed by atoms with Crippen molar-refractivity contribution in [3.05, 3.63) is 0 Å². The summed E-state index contributed by atoms with van der Waals surface area (Å²) in [5.74, 6) is 1.10. The average Bonchev–Trinajstić information content (AvgIpc) is 3.00. The van der Waals surface area contributed by atoms with Crippen LogP contribution in [0.4, 0.5) is 0 Å². The van der Waals surface area contributed by atoms with E-state index in [1.807, 2.05) is 0 Å². The molecular formula is C40H78O5. The van der Waals surface area contributed by atoms with Crippen LogP contribution >= 0.6 is 0 Å². The number of hydrogen-bond donors (Lipinski definition) is 1. The SMILES string of the molecule is CC(C)CCCCCCCCCCCCCCCCCC(=O)OC[C@H](CO)OC(=O)CCCCCCCCCCCCC(C)C. The second kappa shape index (κ2) is 34.2. The lowest BCUT2D eigenvalue weighted by Gasteiger charge is -2.15. The zero-order valence-corrected chi connectivity index (χ0v) is 30.7. The second-order valence-electron chi connectivity index (χ2n) is 14.7. The minimum Gasteiger partial charge on any atom is -0.462 e. The quantitative estimate of drug-likeness (QED) is 0.0552. The van der Waals surface area contributed by atoms with E-state index in [4.69, 9.17) is 9.47 Å². The van der Waals surface area contributed by atoms with Gasteiger partial charge < -0.3 is 14.6 Å². The molecule has 5 nitrogen and oxygen atoms in total. The smallest absolute Gasteiger partial charge is 0.306 e. The molecule has 0 aromatic rings. The molecule has 5 heteroatoms. The van der Waals surface area contributed by atoms with Crippen molar-refractivity contribution in [3.63, 3.8) is 0 Å². The zero-order valence-electron chi connectivity index (χ0n) is 30.7. The number of unbranched alkanes of at least 4 members (excludes halogenated alkanes) is 23. The Morgan fingerprint density at radius 3 is 1.04 bits per heavy atom. The standard InChI is InChI=1S/C40H78O5/c1-36(2)30-26-22-18-14-10-8-6-5-7-9-11-16-20-24-28-32-39(42)44-35-38(34-41)45-40(43)33-29-25-21-17-13-12-15-19-23-27-31-37(3)4/h36-38,41H,5-35H2,1-4H3/t38-/m0/s1. The molecule has 0 radical (unpaired) electrons. The van der Waals surface area contributed by atoms with Crippen LogP contribution in [0, 0.1) is 11.8 Å². The molecule has 0 aromatic heterocycles. The van der Waals surface area contributed by atoms with Crippen molar-refractivity contribution in [1.82, 2.24) is 0 Å². The second-order valence-corrected chi connectivity index (χ2v) is 14.7. The minimum atomic E-state index is -0.762. The van der Waals surface area contributed by atoms with Crippen molar-refractivity contribution in [2.24, 2.45) is 11.8 Å². The number of carbonyl (C=O) groups is 2. The summed E-state index contributed by atoms with van der Waals surface area (Å²) >= 11 is 0. The maximum absolute atomic E-state index is 12.1. The first kappa shape index (κ1) is 43.9. The van der Waals surface area contributed by atoms with E-state index in [9.17, 15) is 14.7 Å². The van der Waals surface area contributed by atoms with Gasteiger partial charge in [0.1, 0.15) is 6.61 Å². The van der Waals surface area contributed by atoms with E-state index >= 15 is 0 Å². The van der Waals surface area contributed by atoms with Gasteiger partial charge in [0.05, 0.1) is 6.61 Å². The summed E-state index contributed by atoms with van der Waals surface area (Å²) in [5, 5.41) is 9.54. The molecule has 0 aromatic carbocycles. The summed E-state index contributed by atoms with van der Waals surface area (Å²) in [6, 6.07) is 0. The summed E-state index contributed by atoms with van der Waals surface area (Å²) in [6.45, 7) is 8.85. The predicted octanol–water partition coefficient (Wildman–Crippen LogP) is 12.1. The normalized spacial score (nSPS) is 12.2. The van der Waals surface area contributed by atoms with Gasteiger partial charge in [-0.15, -0.1) is 0 Å². The molecule has 0 rings (SSSR count). The maximum Gasteiger partial charge on any atom is 0.306 e. The van der Waals surface area contributed by atoms with E-state index < -0.39 is 6.10 Å². The number of aliphatic hydroxyl groups excluding tert-OH is 1. The van der Waals surface area contributed by atoms with E-state index in [-0.39, 0.29) is 25.2 Å². The Morgan fingerprint density at radius 1 is 0.444 bits per heavy atom. The Balaban J connectivity index is 3.49. The lowest BCUT2D eigenvalue weighted by atomic mass is 10.0. The van der Waals surface area contributed by atoms with E-state index in [2.05, 4.69) is 27.7 Å². The number of carbonyl (C=O) groups excluding carboxylic acids is 2. The van der Waals surface area contributed by atoms with Gasteiger partial charge in [-0.3, -0.25) is 9.59 Å². The van der Waals surface area contributed by atoms with E-state index in [1.165, 1.54) is 141 Å². The summed E-state index contributed by atoms with van der Waals surface area (Å²) in [7, 11) is 0. The van der Waals surface area contributed by atoms with Crippen LogP contribution in [-0.2, 0) is 19.1 Å². The van der Waals surface area contributed by atoms with Gasteiger partial charge in [-0.05, 0) is 24.7 Å². The molecule has 0 fully saturated rings. The number of aliphatic hydroxyl groups is 1.